The Hall–Kier alpha value is -2.60. The molecule has 0 bridgehead atoms. The van der Waals surface area contributed by atoms with Crippen molar-refractivity contribution in [1.82, 2.24) is 5.32 Å². The Morgan fingerprint density at radius 2 is 1.65 bits per heavy atom. The van der Waals surface area contributed by atoms with Crippen molar-refractivity contribution in [3.05, 3.63) is 71.0 Å². The van der Waals surface area contributed by atoms with Gasteiger partial charge in [0, 0.05) is 11.1 Å². The SMILES string of the molecule is CC(C)(C)c1ccc(C(=O)NCC#Cc2ccc(F)cc2)cc1. The zero-order valence-electron chi connectivity index (χ0n) is 13.6. The Bertz CT molecular complexity index is 728. The third kappa shape index (κ3) is 4.96. The van der Waals surface area contributed by atoms with E-state index in [0.29, 0.717) is 5.56 Å². The minimum Gasteiger partial charge on any atom is -0.341 e. The van der Waals surface area contributed by atoms with E-state index >= 15 is 0 Å². The molecule has 3 heteroatoms. The monoisotopic (exact) mass is 309 g/mol. The van der Waals surface area contributed by atoms with Gasteiger partial charge in [0.1, 0.15) is 5.82 Å². The average molecular weight is 309 g/mol. The lowest BCUT2D eigenvalue weighted by Gasteiger charge is -2.18. The number of carbonyl (C=O) groups is 1. The van der Waals surface area contributed by atoms with Crippen molar-refractivity contribution in [1.29, 1.82) is 0 Å². The molecular formula is C20H20FNO. The number of hydrogen-bond donors (Lipinski definition) is 1. The molecule has 23 heavy (non-hydrogen) atoms. The summed E-state index contributed by atoms with van der Waals surface area (Å²) in [5.41, 5.74) is 2.58. The van der Waals surface area contributed by atoms with E-state index in [2.05, 4.69) is 37.9 Å². The van der Waals surface area contributed by atoms with Crippen molar-refractivity contribution in [2.45, 2.75) is 26.2 Å². The summed E-state index contributed by atoms with van der Waals surface area (Å²) >= 11 is 0. The number of halogens is 1. The van der Waals surface area contributed by atoms with Crippen molar-refractivity contribution < 1.29 is 9.18 Å². The molecule has 0 saturated carbocycles. The van der Waals surface area contributed by atoms with Gasteiger partial charge in [-0.05, 0) is 47.4 Å². The molecule has 0 fully saturated rings. The summed E-state index contributed by atoms with van der Waals surface area (Å²) in [6, 6.07) is 13.5. The molecule has 2 rings (SSSR count). The summed E-state index contributed by atoms with van der Waals surface area (Å²) in [4.78, 5) is 12.0. The number of carbonyl (C=O) groups excluding carboxylic acids is 1. The number of rotatable bonds is 2. The molecule has 118 valence electrons. The fourth-order valence-corrected chi connectivity index (χ4v) is 2.03. The van der Waals surface area contributed by atoms with Crippen LogP contribution in [0.4, 0.5) is 4.39 Å². The van der Waals surface area contributed by atoms with Crippen LogP contribution in [0.5, 0.6) is 0 Å². The Morgan fingerprint density at radius 3 is 2.22 bits per heavy atom. The van der Waals surface area contributed by atoms with E-state index in [1.165, 1.54) is 17.7 Å². The predicted octanol–water partition coefficient (Wildman–Crippen LogP) is 3.90. The van der Waals surface area contributed by atoms with Crippen LogP contribution in [0.15, 0.2) is 48.5 Å². The smallest absolute Gasteiger partial charge is 0.252 e. The van der Waals surface area contributed by atoms with Gasteiger partial charge < -0.3 is 5.32 Å². The Balaban J connectivity index is 1.91. The van der Waals surface area contributed by atoms with Crippen molar-refractivity contribution in [2.75, 3.05) is 6.54 Å². The third-order valence-corrected chi connectivity index (χ3v) is 3.43. The molecule has 0 unspecified atom stereocenters. The van der Waals surface area contributed by atoms with E-state index in [1.807, 2.05) is 24.3 Å². The summed E-state index contributed by atoms with van der Waals surface area (Å²) in [5, 5.41) is 2.75. The van der Waals surface area contributed by atoms with Gasteiger partial charge in [0.05, 0.1) is 6.54 Å². The summed E-state index contributed by atoms with van der Waals surface area (Å²) in [5.74, 6) is 5.29. The lowest BCUT2D eigenvalue weighted by atomic mass is 9.87. The van der Waals surface area contributed by atoms with Crippen LogP contribution in [0.2, 0.25) is 0 Å². The summed E-state index contributed by atoms with van der Waals surface area (Å²) in [7, 11) is 0. The van der Waals surface area contributed by atoms with E-state index in [9.17, 15) is 9.18 Å². The van der Waals surface area contributed by atoms with E-state index in [1.54, 1.807) is 12.1 Å². The summed E-state index contributed by atoms with van der Waals surface area (Å²) in [6.07, 6.45) is 0. The first-order valence-corrected chi connectivity index (χ1v) is 7.49. The van der Waals surface area contributed by atoms with Crippen molar-refractivity contribution in [3.63, 3.8) is 0 Å². The van der Waals surface area contributed by atoms with Gasteiger partial charge >= 0.3 is 0 Å². The zero-order valence-corrected chi connectivity index (χ0v) is 13.6. The number of nitrogens with one attached hydrogen (secondary N) is 1. The van der Waals surface area contributed by atoms with Crippen LogP contribution in [0.3, 0.4) is 0 Å². The maximum absolute atomic E-state index is 12.8. The fraction of sp³-hybridized carbons (Fsp3) is 0.250. The highest BCUT2D eigenvalue weighted by atomic mass is 19.1. The van der Waals surface area contributed by atoms with E-state index in [4.69, 9.17) is 0 Å². The molecule has 0 spiro atoms. The standard InChI is InChI=1S/C20H20FNO/c1-20(2,3)17-10-8-16(9-11-17)19(23)22-14-4-5-15-6-12-18(21)13-7-15/h6-13H,14H2,1-3H3,(H,22,23). The highest BCUT2D eigenvalue weighted by Gasteiger charge is 2.13. The molecule has 2 aromatic rings. The molecule has 1 amide bonds. The quantitative estimate of drug-likeness (QED) is 0.837. The van der Waals surface area contributed by atoms with Crippen molar-refractivity contribution in [2.24, 2.45) is 0 Å². The maximum Gasteiger partial charge on any atom is 0.252 e. The van der Waals surface area contributed by atoms with Gasteiger partial charge in [0.2, 0.25) is 0 Å². The molecule has 2 nitrogen and oxygen atoms in total. The fourth-order valence-electron chi connectivity index (χ4n) is 2.03. The Labute approximate surface area is 136 Å². The van der Waals surface area contributed by atoms with E-state index in [0.717, 1.165) is 5.56 Å². The molecule has 0 aromatic heterocycles. The molecule has 0 saturated heterocycles. The van der Waals surface area contributed by atoms with Crippen LogP contribution >= 0.6 is 0 Å². The molecule has 0 aliphatic carbocycles. The van der Waals surface area contributed by atoms with Gasteiger partial charge in [0.15, 0.2) is 0 Å². The summed E-state index contributed by atoms with van der Waals surface area (Å²) < 4.78 is 12.8. The second-order valence-electron chi connectivity index (χ2n) is 6.32. The molecule has 2 aromatic carbocycles. The minimum atomic E-state index is -0.289. The van der Waals surface area contributed by atoms with Crippen LogP contribution in [-0.4, -0.2) is 12.5 Å². The molecule has 0 aliphatic rings. The lowest BCUT2D eigenvalue weighted by Crippen LogP contribution is -2.23. The molecule has 0 radical (unpaired) electrons. The third-order valence-electron chi connectivity index (χ3n) is 3.43. The number of benzene rings is 2. The molecule has 0 heterocycles. The van der Waals surface area contributed by atoms with E-state index < -0.39 is 0 Å². The normalized spacial score (nSPS) is 10.6. The first kappa shape index (κ1) is 16.8. The zero-order chi connectivity index (χ0) is 16.9. The highest BCUT2D eigenvalue weighted by Crippen LogP contribution is 2.22. The van der Waals surface area contributed by atoms with Gasteiger partial charge in [-0.15, -0.1) is 0 Å². The van der Waals surface area contributed by atoms with E-state index in [-0.39, 0.29) is 23.7 Å². The molecular weight excluding hydrogens is 289 g/mol. The van der Waals surface area contributed by atoms with Gasteiger partial charge in [-0.25, -0.2) is 4.39 Å². The highest BCUT2D eigenvalue weighted by molar-refractivity contribution is 5.94. The van der Waals surface area contributed by atoms with Gasteiger partial charge in [-0.3, -0.25) is 4.79 Å². The van der Waals surface area contributed by atoms with Crippen LogP contribution in [0.25, 0.3) is 0 Å². The van der Waals surface area contributed by atoms with Gasteiger partial charge in [-0.2, -0.15) is 0 Å². The van der Waals surface area contributed by atoms with Crippen molar-refractivity contribution >= 4 is 5.91 Å². The minimum absolute atomic E-state index is 0.0651. The largest absolute Gasteiger partial charge is 0.341 e. The number of hydrogen-bond acceptors (Lipinski definition) is 1. The maximum atomic E-state index is 12.8. The lowest BCUT2D eigenvalue weighted by molar-refractivity contribution is 0.0958. The first-order valence-electron chi connectivity index (χ1n) is 7.49. The van der Waals surface area contributed by atoms with Gasteiger partial charge in [0.25, 0.3) is 5.91 Å². The molecule has 0 atom stereocenters. The van der Waals surface area contributed by atoms with Crippen LogP contribution in [0.1, 0.15) is 42.3 Å². The van der Waals surface area contributed by atoms with Crippen LogP contribution in [0, 0.1) is 17.7 Å². The topological polar surface area (TPSA) is 29.1 Å². The summed E-state index contributed by atoms with van der Waals surface area (Å²) in [6.45, 7) is 6.64. The second kappa shape index (κ2) is 7.11. The number of amides is 1. The van der Waals surface area contributed by atoms with Crippen LogP contribution in [-0.2, 0) is 5.41 Å². The van der Waals surface area contributed by atoms with Crippen LogP contribution < -0.4 is 5.32 Å². The van der Waals surface area contributed by atoms with Crippen molar-refractivity contribution in [3.8, 4) is 11.8 Å². The second-order valence-corrected chi connectivity index (χ2v) is 6.32. The predicted molar refractivity (Wildman–Crippen MR) is 90.8 cm³/mol. The average Bonchev–Trinajstić information content (AvgIpc) is 2.52. The van der Waals surface area contributed by atoms with Gasteiger partial charge in [-0.1, -0.05) is 44.7 Å². The first-order chi connectivity index (χ1) is 10.9. The molecule has 0 aliphatic heterocycles. The Morgan fingerprint density at radius 1 is 1.04 bits per heavy atom. The molecule has 1 N–H and O–H groups in total. The Kier molecular flexibility index (Phi) is 5.18.